The largest absolute Gasteiger partial charge is 0.294 e. The second kappa shape index (κ2) is 4.17. The van der Waals surface area contributed by atoms with Crippen molar-refractivity contribution < 1.29 is 21.4 Å². The first-order chi connectivity index (χ1) is 6.80. The molecule has 1 aromatic rings. The molecule has 6 nitrogen and oxygen atoms in total. The smallest absolute Gasteiger partial charge is 0.286 e. The monoisotopic (exact) mass is 251 g/mol. The number of hydrogen-bond acceptors (Lipinski definition) is 4. The lowest BCUT2D eigenvalue weighted by Gasteiger charge is -2.04. The molecule has 0 heterocycles. The lowest BCUT2D eigenvalue weighted by atomic mass is 10.2. The van der Waals surface area contributed by atoms with Crippen molar-refractivity contribution in [3.63, 3.8) is 0 Å². The summed E-state index contributed by atoms with van der Waals surface area (Å²) in [5.41, 5.74) is 0.425. The van der Waals surface area contributed by atoms with Crippen LogP contribution in [0.15, 0.2) is 23.1 Å². The first-order valence-electron chi connectivity index (χ1n) is 3.80. The Morgan fingerprint density at radius 2 is 1.93 bits per heavy atom. The van der Waals surface area contributed by atoms with E-state index >= 15 is 0 Å². The molecule has 2 N–H and O–H groups in total. The fourth-order valence-corrected chi connectivity index (χ4v) is 2.15. The van der Waals surface area contributed by atoms with Crippen LogP contribution in [0.3, 0.4) is 0 Å². The van der Waals surface area contributed by atoms with E-state index in [1.54, 1.807) is 0 Å². The minimum Gasteiger partial charge on any atom is -0.286 e. The van der Waals surface area contributed by atoms with Crippen molar-refractivity contribution in [2.75, 3.05) is 4.72 Å². The highest BCUT2D eigenvalue weighted by Gasteiger charge is 2.13. The number of benzene rings is 1. The Hall–Kier alpha value is -1.12. The molecule has 0 bridgehead atoms. The van der Waals surface area contributed by atoms with Gasteiger partial charge in [0, 0.05) is 5.69 Å². The van der Waals surface area contributed by atoms with Gasteiger partial charge in [0.05, 0.1) is 4.90 Å². The molecule has 0 amide bonds. The van der Waals surface area contributed by atoms with Crippen molar-refractivity contribution in [1.29, 1.82) is 0 Å². The molecule has 0 saturated heterocycles. The Kier molecular flexibility index (Phi) is 3.32. The normalized spacial score (nSPS) is 11.7. The Labute approximate surface area is 88.8 Å². The van der Waals surface area contributed by atoms with Crippen LogP contribution in [-0.2, 0) is 21.0 Å². The Bertz CT molecular complexity index is 538. The molecule has 1 rings (SSSR count). The minimum absolute atomic E-state index is 0.0873. The van der Waals surface area contributed by atoms with Gasteiger partial charge in [-0.05, 0) is 24.6 Å². The van der Waals surface area contributed by atoms with Crippen LogP contribution in [0.5, 0.6) is 0 Å². The quantitative estimate of drug-likeness (QED) is 0.525. The van der Waals surface area contributed by atoms with Crippen molar-refractivity contribution in [1.82, 2.24) is 0 Å². The summed E-state index contributed by atoms with van der Waals surface area (Å²) < 4.78 is 53.2. The summed E-state index contributed by atoms with van der Waals surface area (Å²) in [6, 6.07) is 3.84. The molecule has 0 aliphatic rings. The zero-order chi connectivity index (χ0) is 11.6. The molecular weight excluding hydrogens is 242 g/mol. The average molecular weight is 251 g/mol. The zero-order valence-corrected chi connectivity index (χ0v) is 9.38. The van der Waals surface area contributed by atoms with E-state index in [1.165, 1.54) is 19.1 Å². The van der Waals surface area contributed by atoms with Gasteiger partial charge in [-0.2, -0.15) is 8.42 Å². The molecule has 1 aromatic carbocycles. The predicted octanol–water partition coefficient (Wildman–Crippen LogP) is 0.180. The van der Waals surface area contributed by atoms with E-state index in [1.807, 2.05) is 4.72 Å². The highest BCUT2D eigenvalue weighted by atomic mass is 32.2. The predicted molar refractivity (Wildman–Crippen MR) is 54.9 cm³/mol. The topological polar surface area (TPSA) is 101 Å². The van der Waals surface area contributed by atoms with Crippen LogP contribution in [-0.4, -0.2) is 21.4 Å². The van der Waals surface area contributed by atoms with E-state index in [0.717, 1.165) is 6.07 Å². The average Bonchev–Trinajstić information content (AvgIpc) is 2.05. The first-order valence-corrected chi connectivity index (χ1v) is 6.41. The molecule has 8 heteroatoms. The molecule has 0 spiro atoms. The molecule has 0 aliphatic carbocycles. The summed E-state index contributed by atoms with van der Waals surface area (Å²) in [5.74, 6) is 0. The van der Waals surface area contributed by atoms with E-state index in [9.17, 15) is 16.8 Å². The summed E-state index contributed by atoms with van der Waals surface area (Å²) in [6.45, 7) is 1.49. The van der Waals surface area contributed by atoms with Gasteiger partial charge in [0.1, 0.15) is 0 Å². The van der Waals surface area contributed by atoms with Crippen LogP contribution in [0.1, 0.15) is 5.56 Å². The van der Waals surface area contributed by atoms with E-state index < -0.39 is 21.0 Å². The maximum atomic E-state index is 10.9. The van der Waals surface area contributed by atoms with Crippen molar-refractivity contribution in [3.05, 3.63) is 23.8 Å². The molecule has 0 unspecified atom stereocenters. The molecule has 0 fully saturated rings. The number of thiol groups is 1. The lowest BCUT2D eigenvalue weighted by molar-refractivity contribution is 0.482. The van der Waals surface area contributed by atoms with Crippen molar-refractivity contribution in [2.24, 2.45) is 0 Å². The van der Waals surface area contributed by atoms with Crippen LogP contribution >= 0.6 is 0 Å². The molecular formula is C7H9NO5S2. The summed E-state index contributed by atoms with van der Waals surface area (Å²) in [5, 5.41) is 0. The van der Waals surface area contributed by atoms with Crippen LogP contribution < -0.4 is 4.72 Å². The zero-order valence-electron chi connectivity index (χ0n) is 7.67. The molecule has 0 aliphatic heterocycles. The fraction of sp³-hybridized carbons (Fsp3) is 0.143. The number of aryl methyl sites for hydroxylation is 1. The van der Waals surface area contributed by atoms with E-state index in [2.05, 4.69) is 0 Å². The fourth-order valence-electron chi connectivity index (χ4n) is 1.05. The molecule has 0 radical (unpaired) electrons. The van der Waals surface area contributed by atoms with Gasteiger partial charge in [0.2, 0.25) is 10.9 Å². The summed E-state index contributed by atoms with van der Waals surface area (Å²) >= 11 is 0. The summed E-state index contributed by atoms with van der Waals surface area (Å²) in [4.78, 5) is -0.315. The molecule has 0 atom stereocenters. The van der Waals surface area contributed by atoms with Gasteiger partial charge in [-0.1, -0.05) is 6.07 Å². The third-order valence-corrected chi connectivity index (χ3v) is 3.12. The highest BCUT2D eigenvalue weighted by Crippen LogP contribution is 2.19. The van der Waals surface area contributed by atoms with E-state index in [0.29, 0.717) is 5.56 Å². The summed E-state index contributed by atoms with van der Waals surface area (Å²) in [7, 11) is -7.19. The van der Waals surface area contributed by atoms with Gasteiger partial charge in [0.15, 0.2) is 0 Å². The molecule has 0 aromatic heterocycles. The molecule has 0 saturated carbocycles. The summed E-state index contributed by atoms with van der Waals surface area (Å²) in [6.07, 6.45) is 0. The van der Waals surface area contributed by atoms with Crippen LogP contribution in [0.2, 0.25) is 0 Å². The number of rotatable bonds is 3. The molecule has 84 valence electrons. The lowest BCUT2D eigenvalue weighted by Crippen LogP contribution is -2.03. The van der Waals surface area contributed by atoms with Crippen molar-refractivity contribution in [3.8, 4) is 0 Å². The first kappa shape index (κ1) is 12.0. The van der Waals surface area contributed by atoms with Crippen LogP contribution in [0.4, 0.5) is 5.69 Å². The SMILES string of the molecule is Cc1ccc(N[SH](=O)=O)cc1S(=O)(=O)O. The highest BCUT2D eigenvalue weighted by molar-refractivity contribution is 7.85. The van der Waals surface area contributed by atoms with Crippen LogP contribution in [0.25, 0.3) is 0 Å². The van der Waals surface area contributed by atoms with Gasteiger partial charge < -0.3 is 0 Å². The van der Waals surface area contributed by atoms with Gasteiger partial charge in [0.25, 0.3) is 10.1 Å². The van der Waals surface area contributed by atoms with E-state index in [-0.39, 0.29) is 10.6 Å². The molecule has 15 heavy (non-hydrogen) atoms. The van der Waals surface area contributed by atoms with Gasteiger partial charge in [-0.3, -0.25) is 9.27 Å². The number of anilines is 1. The number of hydrogen-bond donors (Lipinski definition) is 3. The third kappa shape index (κ3) is 3.18. The van der Waals surface area contributed by atoms with Crippen LogP contribution in [0, 0.1) is 6.92 Å². The van der Waals surface area contributed by atoms with Gasteiger partial charge in [-0.25, -0.2) is 8.42 Å². The second-order valence-corrected chi connectivity index (χ2v) is 4.95. The Morgan fingerprint density at radius 1 is 1.33 bits per heavy atom. The third-order valence-electron chi connectivity index (χ3n) is 1.69. The van der Waals surface area contributed by atoms with Gasteiger partial charge >= 0.3 is 0 Å². The number of nitrogens with one attached hydrogen (secondary N) is 1. The second-order valence-electron chi connectivity index (χ2n) is 2.82. The van der Waals surface area contributed by atoms with Crippen molar-refractivity contribution >= 4 is 26.7 Å². The maximum absolute atomic E-state index is 10.9. The minimum atomic E-state index is -4.33. The maximum Gasteiger partial charge on any atom is 0.294 e. The van der Waals surface area contributed by atoms with Crippen molar-refractivity contribution in [2.45, 2.75) is 11.8 Å². The standard InChI is InChI=1S/C7H9NO5S2/c1-5-2-3-6(8-14(9)10)4-7(5)15(11,12)13/h2-4,14H,1H3,(H,8,9,10)(H,11,12,13). The Morgan fingerprint density at radius 3 is 2.40 bits per heavy atom. The van der Waals surface area contributed by atoms with Gasteiger partial charge in [-0.15, -0.1) is 0 Å². The Balaban J connectivity index is 3.29. The van der Waals surface area contributed by atoms with E-state index in [4.69, 9.17) is 4.55 Å².